The van der Waals surface area contributed by atoms with E-state index < -0.39 is 5.60 Å². The molecular formula is C8H11ClN2O. The number of hydrogen-bond acceptors (Lipinski definition) is 3. The molecule has 3 nitrogen and oxygen atoms in total. The predicted molar refractivity (Wildman–Crippen MR) is 47.0 cm³/mol. The van der Waals surface area contributed by atoms with Crippen LogP contribution in [-0.4, -0.2) is 15.1 Å². The first kappa shape index (κ1) is 9.42. The minimum Gasteiger partial charge on any atom is -0.384 e. The molecule has 0 bridgehead atoms. The average molecular weight is 187 g/mol. The molecule has 0 radical (unpaired) electrons. The number of hydrogen-bond donors (Lipinski definition) is 1. The van der Waals surface area contributed by atoms with Crippen molar-refractivity contribution >= 4 is 11.6 Å². The molecule has 0 atom stereocenters. The summed E-state index contributed by atoms with van der Waals surface area (Å²) < 4.78 is 0. The fraction of sp³-hybridized carbons (Fsp3) is 0.500. The smallest absolute Gasteiger partial charge is 0.147 e. The lowest BCUT2D eigenvalue weighted by molar-refractivity contribution is 0.0726. The second-order valence-electron chi connectivity index (χ2n) is 3.19. The van der Waals surface area contributed by atoms with Crippen molar-refractivity contribution < 1.29 is 5.11 Å². The highest BCUT2D eigenvalue weighted by Crippen LogP contribution is 2.20. The zero-order valence-electron chi connectivity index (χ0n) is 7.30. The topological polar surface area (TPSA) is 46.0 Å². The van der Waals surface area contributed by atoms with Gasteiger partial charge in [0.05, 0.1) is 17.6 Å². The van der Waals surface area contributed by atoms with Crippen molar-refractivity contribution in [2.45, 2.75) is 26.4 Å². The molecule has 0 spiro atoms. The fourth-order valence-electron chi connectivity index (χ4n) is 1.05. The minimum atomic E-state index is -0.957. The maximum Gasteiger partial charge on any atom is 0.147 e. The SMILES string of the molecule is Cc1nc(Cl)cnc1C(C)(C)O. The maximum absolute atomic E-state index is 9.62. The Morgan fingerprint density at radius 3 is 2.50 bits per heavy atom. The lowest BCUT2D eigenvalue weighted by atomic mass is 10.0. The predicted octanol–water partition coefficient (Wildman–Crippen LogP) is 1.67. The van der Waals surface area contributed by atoms with Crippen molar-refractivity contribution in [3.05, 3.63) is 22.7 Å². The number of nitrogens with zero attached hydrogens (tertiary/aromatic N) is 2. The van der Waals surface area contributed by atoms with E-state index in [1.807, 2.05) is 0 Å². The minimum absolute atomic E-state index is 0.348. The second-order valence-corrected chi connectivity index (χ2v) is 3.57. The van der Waals surface area contributed by atoms with Crippen LogP contribution in [0, 0.1) is 6.92 Å². The summed E-state index contributed by atoms with van der Waals surface area (Å²) in [6.45, 7) is 5.10. The van der Waals surface area contributed by atoms with Crippen LogP contribution in [0.1, 0.15) is 25.2 Å². The summed E-state index contributed by atoms with van der Waals surface area (Å²) in [4.78, 5) is 7.99. The van der Waals surface area contributed by atoms with Crippen molar-refractivity contribution in [2.75, 3.05) is 0 Å². The van der Waals surface area contributed by atoms with E-state index in [0.717, 1.165) is 0 Å². The van der Waals surface area contributed by atoms with Crippen LogP contribution in [0.2, 0.25) is 5.15 Å². The van der Waals surface area contributed by atoms with E-state index in [4.69, 9.17) is 11.6 Å². The molecule has 0 aromatic carbocycles. The number of aliphatic hydroxyl groups is 1. The molecule has 0 saturated heterocycles. The van der Waals surface area contributed by atoms with E-state index in [1.54, 1.807) is 20.8 Å². The molecule has 0 fully saturated rings. The summed E-state index contributed by atoms with van der Waals surface area (Å²) >= 11 is 5.61. The molecule has 0 unspecified atom stereocenters. The highest BCUT2D eigenvalue weighted by Gasteiger charge is 2.20. The van der Waals surface area contributed by atoms with Crippen molar-refractivity contribution in [2.24, 2.45) is 0 Å². The Morgan fingerprint density at radius 1 is 1.50 bits per heavy atom. The number of aryl methyl sites for hydroxylation is 1. The van der Waals surface area contributed by atoms with Gasteiger partial charge in [0.1, 0.15) is 10.8 Å². The zero-order valence-corrected chi connectivity index (χ0v) is 8.05. The Morgan fingerprint density at radius 2 is 2.08 bits per heavy atom. The van der Waals surface area contributed by atoms with Crippen molar-refractivity contribution in [3.8, 4) is 0 Å². The van der Waals surface area contributed by atoms with E-state index in [0.29, 0.717) is 16.5 Å². The monoisotopic (exact) mass is 186 g/mol. The van der Waals surface area contributed by atoms with Crippen LogP contribution in [0.4, 0.5) is 0 Å². The molecule has 4 heteroatoms. The van der Waals surface area contributed by atoms with E-state index >= 15 is 0 Å². The molecule has 0 aliphatic rings. The lowest BCUT2D eigenvalue weighted by Gasteiger charge is -2.17. The van der Waals surface area contributed by atoms with Gasteiger partial charge in [-0.05, 0) is 20.8 Å². The Hall–Kier alpha value is -0.670. The van der Waals surface area contributed by atoms with Gasteiger partial charge in [0, 0.05) is 0 Å². The first-order valence-electron chi connectivity index (χ1n) is 3.63. The van der Waals surface area contributed by atoms with Crippen LogP contribution in [0.15, 0.2) is 6.20 Å². The molecule has 1 rings (SSSR count). The Bertz CT molecular complexity index is 294. The summed E-state index contributed by atoms with van der Waals surface area (Å²) in [6.07, 6.45) is 1.43. The summed E-state index contributed by atoms with van der Waals surface area (Å²) in [7, 11) is 0. The van der Waals surface area contributed by atoms with Gasteiger partial charge in [-0.25, -0.2) is 4.98 Å². The molecule has 1 aromatic heterocycles. The van der Waals surface area contributed by atoms with Gasteiger partial charge >= 0.3 is 0 Å². The lowest BCUT2D eigenvalue weighted by Crippen LogP contribution is -2.19. The molecule has 1 aromatic rings. The Labute approximate surface area is 76.4 Å². The molecule has 1 heterocycles. The molecule has 12 heavy (non-hydrogen) atoms. The van der Waals surface area contributed by atoms with Gasteiger partial charge in [-0.2, -0.15) is 0 Å². The molecule has 0 aliphatic heterocycles. The molecule has 0 amide bonds. The number of aromatic nitrogens is 2. The average Bonchev–Trinajstić information content (AvgIpc) is 1.83. The van der Waals surface area contributed by atoms with Crippen LogP contribution in [-0.2, 0) is 5.60 Å². The molecule has 66 valence electrons. The molecule has 1 N–H and O–H groups in total. The van der Waals surface area contributed by atoms with Gasteiger partial charge < -0.3 is 5.11 Å². The third kappa shape index (κ3) is 1.93. The first-order valence-corrected chi connectivity index (χ1v) is 4.01. The van der Waals surface area contributed by atoms with Gasteiger partial charge in [-0.1, -0.05) is 11.6 Å². The van der Waals surface area contributed by atoms with E-state index in [2.05, 4.69) is 9.97 Å². The van der Waals surface area contributed by atoms with E-state index in [9.17, 15) is 5.11 Å². The van der Waals surface area contributed by atoms with Crippen molar-refractivity contribution in [1.29, 1.82) is 0 Å². The largest absolute Gasteiger partial charge is 0.384 e. The first-order chi connectivity index (χ1) is 5.41. The van der Waals surface area contributed by atoms with Gasteiger partial charge in [0.2, 0.25) is 0 Å². The molecule has 0 aliphatic carbocycles. The van der Waals surface area contributed by atoms with Gasteiger partial charge in [0.15, 0.2) is 0 Å². The summed E-state index contributed by atoms with van der Waals surface area (Å²) in [5.74, 6) is 0. The standard InChI is InChI=1S/C8H11ClN2O/c1-5-7(8(2,3)12)10-4-6(9)11-5/h4,12H,1-3H3. The highest BCUT2D eigenvalue weighted by molar-refractivity contribution is 6.29. The van der Waals surface area contributed by atoms with Gasteiger partial charge in [-0.15, -0.1) is 0 Å². The summed E-state index contributed by atoms with van der Waals surface area (Å²) in [5, 5.41) is 9.96. The van der Waals surface area contributed by atoms with Crippen LogP contribution < -0.4 is 0 Å². The summed E-state index contributed by atoms with van der Waals surface area (Å²) in [5.41, 5.74) is 0.267. The summed E-state index contributed by atoms with van der Waals surface area (Å²) in [6, 6.07) is 0. The van der Waals surface area contributed by atoms with Gasteiger partial charge in [-0.3, -0.25) is 4.98 Å². The highest BCUT2D eigenvalue weighted by atomic mass is 35.5. The Kier molecular flexibility index (Phi) is 2.35. The normalized spacial score (nSPS) is 11.8. The van der Waals surface area contributed by atoms with Crippen LogP contribution in [0.5, 0.6) is 0 Å². The zero-order chi connectivity index (χ0) is 9.35. The fourth-order valence-corrected chi connectivity index (χ4v) is 1.23. The number of rotatable bonds is 1. The maximum atomic E-state index is 9.62. The third-order valence-corrected chi connectivity index (χ3v) is 1.68. The number of halogens is 1. The van der Waals surface area contributed by atoms with Crippen LogP contribution in [0.25, 0.3) is 0 Å². The van der Waals surface area contributed by atoms with E-state index in [1.165, 1.54) is 6.20 Å². The molecule has 0 saturated carbocycles. The third-order valence-electron chi connectivity index (χ3n) is 1.50. The Balaban J connectivity index is 3.19. The van der Waals surface area contributed by atoms with Crippen LogP contribution >= 0.6 is 11.6 Å². The van der Waals surface area contributed by atoms with Crippen molar-refractivity contribution in [1.82, 2.24) is 9.97 Å². The molecular weight excluding hydrogens is 176 g/mol. The van der Waals surface area contributed by atoms with Crippen LogP contribution in [0.3, 0.4) is 0 Å². The van der Waals surface area contributed by atoms with Gasteiger partial charge in [0.25, 0.3) is 0 Å². The van der Waals surface area contributed by atoms with Crippen molar-refractivity contribution in [3.63, 3.8) is 0 Å². The van der Waals surface area contributed by atoms with E-state index in [-0.39, 0.29) is 0 Å². The second kappa shape index (κ2) is 2.99. The quantitative estimate of drug-likeness (QED) is 0.726.